The first-order valence-corrected chi connectivity index (χ1v) is 9.85. The highest BCUT2D eigenvalue weighted by Crippen LogP contribution is 2.27. The molecule has 5 nitrogen and oxygen atoms in total. The van der Waals surface area contributed by atoms with Crippen LogP contribution in [-0.2, 0) is 22.6 Å². The molecule has 1 aromatic heterocycles. The third kappa shape index (κ3) is 4.37. The topological polar surface area (TPSA) is 63.4 Å². The van der Waals surface area contributed by atoms with Crippen LogP contribution in [0.1, 0.15) is 29.7 Å². The maximum absolute atomic E-state index is 12.4. The molecular formula is C23H26N2O3. The maximum Gasteiger partial charge on any atom is 0.224 e. The van der Waals surface area contributed by atoms with E-state index in [1.54, 1.807) is 0 Å². The van der Waals surface area contributed by atoms with E-state index in [9.17, 15) is 4.79 Å². The first-order valence-electron chi connectivity index (χ1n) is 9.85. The lowest BCUT2D eigenvalue weighted by Gasteiger charge is -2.11. The first-order chi connectivity index (χ1) is 13.7. The van der Waals surface area contributed by atoms with Gasteiger partial charge in [-0.2, -0.15) is 0 Å². The zero-order valence-corrected chi connectivity index (χ0v) is 16.2. The lowest BCUT2D eigenvalue weighted by Crippen LogP contribution is -2.32. The molecule has 1 aliphatic heterocycles. The van der Waals surface area contributed by atoms with Crippen molar-refractivity contribution in [3.63, 3.8) is 0 Å². The first kappa shape index (κ1) is 18.6. The van der Waals surface area contributed by atoms with Crippen molar-refractivity contribution in [2.24, 2.45) is 0 Å². The van der Waals surface area contributed by atoms with Gasteiger partial charge >= 0.3 is 0 Å². The molecule has 0 unspecified atom stereocenters. The van der Waals surface area contributed by atoms with Gasteiger partial charge in [-0.15, -0.1) is 0 Å². The fourth-order valence-electron chi connectivity index (χ4n) is 3.68. The Labute approximate surface area is 165 Å². The van der Waals surface area contributed by atoms with Crippen LogP contribution in [-0.4, -0.2) is 30.1 Å². The number of aryl methyl sites for hydroxylation is 1. The van der Waals surface area contributed by atoms with Gasteiger partial charge in [-0.05, 0) is 49.1 Å². The highest BCUT2D eigenvalue weighted by molar-refractivity contribution is 5.91. The van der Waals surface area contributed by atoms with Gasteiger partial charge in [0.25, 0.3) is 0 Å². The van der Waals surface area contributed by atoms with Crippen LogP contribution in [0.25, 0.3) is 10.9 Å². The van der Waals surface area contributed by atoms with Crippen molar-refractivity contribution in [3.05, 3.63) is 65.4 Å². The summed E-state index contributed by atoms with van der Waals surface area (Å²) in [5, 5.41) is 4.04. The normalized spacial score (nSPS) is 16.4. The Morgan fingerprint density at radius 1 is 1.25 bits per heavy atom. The Bertz CT molecular complexity index is 943. The zero-order valence-electron chi connectivity index (χ0n) is 16.2. The number of fused-ring (bicyclic) bond motifs is 1. The summed E-state index contributed by atoms with van der Waals surface area (Å²) in [4.78, 5) is 15.8. The molecule has 0 radical (unpaired) electrons. The van der Waals surface area contributed by atoms with Gasteiger partial charge < -0.3 is 19.8 Å². The SMILES string of the molecule is Cc1[nH]c2ccc(OCc3ccccc3)cc2c1CC(=O)NC[C@H]1CCCO1. The van der Waals surface area contributed by atoms with Crippen molar-refractivity contribution in [1.82, 2.24) is 10.3 Å². The second-order valence-corrected chi connectivity index (χ2v) is 7.33. The van der Waals surface area contributed by atoms with Crippen LogP contribution in [0, 0.1) is 6.92 Å². The minimum Gasteiger partial charge on any atom is -0.489 e. The molecule has 1 aliphatic rings. The molecule has 1 saturated heterocycles. The van der Waals surface area contributed by atoms with Crippen LogP contribution in [0.15, 0.2) is 48.5 Å². The van der Waals surface area contributed by atoms with Crippen LogP contribution in [0.4, 0.5) is 0 Å². The van der Waals surface area contributed by atoms with Crippen molar-refractivity contribution in [2.75, 3.05) is 13.2 Å². The molecule has 1 atom stereocenters. The summed E-state index contributed by atoms with van der Waals surface area (Å²) in [6.45, 7) is 3.92. The highest BCUT2D eigenvalue weighted by atomic mass is 16.5. The summed E-state index contributed by atoms with van der Waals surface area (Å²) >= 11 is 0. The number of amides is 1. The molecule has 28 heavy (non-hydrogen) atoms. The summed E-state index contributed by atoms with van der Waals surface area (Å²) in [7, 11) is 0. The molecule has 3 aromatic rings. The van der Waals surface area contributed by atoms with E-state index < -0.39 is 0 Å². The summed E-state index contributed by atoms with van der Waals surface area (Å²) in [6, 6.07) is 16.1. The monoisotopic (exact) mass is 378 g/mol. The van der Waals surface area contributed by atoms with E-state index in [0.29, 0.717) is 19.6 Å². The molecule has 2 aromatic carbocycles. The second-order valence-electron chi connectivity index (χ2n) is 7.33. The average Bonchev–Trinajstić information content (AvgIpc) is 3.34. The number of carbonyl (C=O) groups excluding carboxylic acids is 1. The molecular weight excluding hydrogens is 352 g/mol. The lowest BCUT2D eigenvalue weighted by molar-refractivity contribution is -0.120. The quantitative estimate of drug-likeness (QED) is 0.656. The van der Waals surface area contributed by atoms with Gasteiger partial charge in [0.2, 0.25) is 5.91 Å². The molecule has 0 saturated carbocycles. The number of benzene rings is 2. The van der Waals surface area contributed by atoms with E-state index >= 15 is 0 Å². The Morgan fingerprint density at radius 3 is 2.89 bits per heavy atom. The third-order valence-corrected chi connectivity index (χ3v) is 5.23. The van der Waals surface area contributed by atoms with Gasteiger partial charge in [0, 0.05) is 29.7 Å². The van der Waals surface area contributed by atoms with Crippen LogP contribution in [0.5, 0.6) is 5.75 Å². The number of carbonyl (C=O) groups is 1. The number of hydrogen-bond acceptors (Lipinski definition) is 3. The number of nitrogens with one attached hydrogen (secondary N) is 2. The summed E-state index contributed by atoms with van der Waals surface area (Å²) in [5.41, 5.74) is 4.18. The fourth-order valence-corrected chi connectivity index (χ4v) is 3.68. The van der Waals surface area contributed by atoms with Crippen LogP contribution >= 0.6 is 0 Å². The lowest BCUT2D eigenvalue weighted by atomic mass is 10.1. The predicted octanol–water partition coefficient (Wildman–Crippen LogP) is 3.89. The molecule has 2 N–H and O–H groups in total. The van der Waals surface area contributed by atoms with Crippen molar-refractivity contribution in [1.29, 1.82) is 0 Å². The van der Waals surface area contributed by atoms with E-state index in [1.165, 1.54) is 0 Å². The zero-order chi connectivity index (χ0) is 19.3. The molecule has 0 spiro atoms. The van der Waals surface area contributed by atoms with Gasteiger partial charge in [-0.3, -0.25) is 4.79 Å². The Balaban J connectivity index is 1.44. The Hall–Kier alpha value is -2.79. The number of hydrogen-bond donors (Lipinski definition) is 2. The van der Waals surface area contributed by atoms with Gasteiger partial charge in [-0.25, -0.2) is 0 Å². The van der Waals surface area contributed by atoms with Crippen LogP contribution in [0.3, 0.4) is 0 Å². The molecule has 0 bridgehead atoms. The molecule has 4 rings (SSSR count). The van der Waals surface area contributed by atoms with Crippen LogP contribution in [0.2, 0.25) is 0 Å². The fraction of sp³-hybridized carbons (Fsp3) is 0.348. The number of ether oxygens (including phenoxy) is 2. The van der Waals surface area contributed by atoms with Gasteiger partial charge in [0.1, 0.15) is 12.4 Å². The molecule has 1 amide bonds. The molecule has 146 valence electrons. The molecule has 1 fully saturated rings. The predicted molar refractivity (Wildman–Crippen MR) is 109 cm³/mol. The Kier molecular flexibility index (Phi) is 5.63. The van der Waals surface area contributed by atoms with E-state index in [-0.39, 0.29) is 12.0 Å². The molecule has 5 heteroatoms. The van der Waals surface area contributed by atoms with E-state index in [2.05, 4.69) is 10.3 Å². The number of H-pyrrole nitrogens is 1. The summed E-state index contributed by atoms with van der Waals surface area (Å²) in [6.07, 6.45) is 2.61. The molecule has 0 aliphatic carbocycles. The summed E-state index contributed by atoms with van der Waals surface area (Å²) in [5.74, 6) is 0.825. The number of aromatic nitrogens is 1. The van der Waals surface area contributed by atoms with Gasteiger partial charge in [0.05, 0.1) is 12.5 Å². The van der Waals surface area contributed by atoms with Crippen molar-refractivity contribution < 1.29 is 14.3 Å². The van der Waals surface area contributed by atoms with E-state index in [4.69, 9.17) is 9.47 Å². The standard InChI is InChI=1S/C23H26N2O3/c1-16-20(13-23(26)24-14-19-8-5-11-27-19)21-12-18(9-10-22(21)25-16)28-15-17-6-3-2-4-7-17/h2-4,6-7,9-10,12,19,25H,5,8,11,13-15H2,1H3,(H,24,26)/t19-/m1/s1. The van der Waals surface area contributed by atoms with Gasteiger partial charge in [0.15, 0.2) is 0 Å². The van der Waals surface area contributed by atoms with Crippen LogP contribution < -0.4 is 10.1 Å². The largest absolute Gasteiger partial charge is 0.489 e. The minimum atomic E-state index is 0.0232. The molecule has 2 heterocycles. The van der Waals surface area contributed by atoms with Crippen molar-refractivity contribution in [3.8, 4) is 5.75 Å². The number of rotatable bonds is 7. The highest BCUT2D eigenvalue weighted by Gasteiger charge is 2.18. The van der Waals surface area contributed by atoms with Gasteiger partial charge in [-0.1, -0.05) is 30.3 Å². The summed E-state index contributed by atoms with van der Waals surface area (Å²) < 4.78 is 11.5. The Morgan fingerprint density at radius 2 is 2.11 bits per heavy atom. The second kappa shape index (κ2) is 8.48. The van der Waals surface area contributed by atoms with E-state index in [0.717, 1.165) is 52.9 Å². The average molecular weight is 378 g/mol. The minimum absolute atomic E-state index is 0.0232. The van der Waals surface area contributed by atoms with Crippen molar-refractivity contribution >= 4 is 16.8 Å². The van der Waals surface area contributed by atoms with Crippen molar-refractivity contribution in [2.45, 2.75) is 38.9 Å². The number of aromatic amines is 1. The third-order valence-electron chi connectivity index (χ3n) is 5.23. The maximum atomic E-state index is 12.4. The van der Waals surface area contributed by atoms with E-state index in [1.807, 2.05) is 55.5 Å². The smallest absolute Gasteiger partial charge is 0.224 e.